The van der Waals surface area contributed by atoms with E-state index in [1.165, 1.54) is 0 Å². The highest BCUT2D eigenvalue weighted by Gasteiger charge is 2.70. The van der Waals surface area contributed by atoms with Crippen LogP contribution in [-0.4, -0.2) is 27.6 Å². The van der Waals surface area contributed by atoms with Crippen LogP contribution in [0, 0.1) is 0 Å². The molecule has 3 aromatic rings. The largest absolute Gasteiger partial charge is 0.480 e. The Labute approximate surface area is 159 Å². The van der Waals surface area contributed by atoms with E-state index in [0.717, 1.165) is 16.7 Å². The fourth-order valence-electron chi connectivity index (χ4n) is 4.43. The van der Waals surface area contributed by atoms with Crippen molar-refractivity contribution in [3.05, 3.63) is 108 Å². The monoisotopic (exact) mass is 357 g/mol. The summed E-state index contributed by atoms with van der Waals surface area (Å²) in [5.74, 6) is -0.790. The summed E-state index contributed by atoms with van der Waals surface area (Å²) in [5.41, 5.74) is 1.61. The molecule has 0 aliphatic carbocycles. The summed E-state index contributed by atoms with van der Waals surface area (Å²) in [6.45, 7) is 3.82. The summed E-state index contributed by atoms with van der Waals surface area (Å²) >= 11 is 0. The molecule has 1 aliphatic heterocycles. The van der Waals surface area contributed by atoms with Gasteiger partial charge in [0.15, 0.2) is 0 Å². The van der Waals surface area contributed by atoms with Gasteiger partial charge in [0.2, 0.25) is 0 Å². The van der Waals surface area contributed by atoms with Crippen LogP contribution in [0.1, 0.15) is 30.5 Å². The molecule has 0 aromatic heterocycles. The van der Waals surface area contributed by atoms with Gasteiger partial charge in [-0.3, -0.25) is 9.69 Å². The predicted octanol–water partition coefficient (Wildman–Crippen LogP) is 4.53. The van der Waals surface area contributed by atoms with Crippen molar-refractivity contribution in [2.24, 2.45) is 0 Å². The summed E-state index contributed by atoms with van der Waals surface area (Å²) in [7, 11) is 0. The third kappa shape index (κ3) is 2.42. The van der Waals surface area contributed by atoms with Crippen molar-refractivity contribution in [3.8, 4) is 0 Å². The van der Waals surface area contributed by atoms with Gasteiger partial charge in [-0.05, 0) is 30.5 Å². The number of hydrogen-bond acceptors (Lipinski definition) is 2. The Bertz CT molecular complexity index is 843. The second-order valence-electron chi connectivity index (χ2n) is 7.31. The molecule has 1 aliphatic rings. The lowest BCUT2D eigenvalue weighted by Crippen LogP contribution is -2.43. The van der Waals surface area contributed by atoms with Gasteiger partial charge >= 0.3 is 5.97 Å². The van der Waals surface area contributed by atoms with E-state index in [-0.39, 0.29) is 6.04 Å². The third-order valence-electron chi connectivity index (χ3n) is 6.00. The van der Waals surface area contributed by atoms with E-state index in [0.29, 0.717) is 0 Å². The molecule has 0 spiro atoms. The zero-order valence-corrected chi connectivity index (χ0v) is 15.5. The lowest BCUT2D eigenvalue weighted by molar-refractivity contribution is -0.141. The van der Waals surface area contributed by atoms with Gasteiger partial charge in [0.1, 0.15) is 5.54 Å². The van der Waals surface area contributed by atoms with E-state index in [1.807, 2.05) is 68.4 Å². The van der Waals surface area contributed by atoms with Crippen molar-refractivity contribution in [2.75, 3.05) is 0 Å². The Morgan fingerprint density at radius 2 is 1.15 bits per heavy atom. The Morgan fingerprint density at radius 3 is 1.41 bits per heavy atom. The first-order valence-corrected chi connectivity index (χ1v) is 9.23. The lowest BCUT2D eigenvalue weighted by Gasteiger charge is -2.39. The fraction of sp³-hybridized carbons (Fsp3) is 0.208. The van der Waals surface area contributed by atoms with E-state index in [4.69, 9.17) is 0 Å². The van der Waals surface area contributed by atoms with Crippen LogP contribution in [-0.2, 0) is 10.3 Å². The summed E-state index contributed by atoms with van der Waals surface area (Å²) in [4.78, 5) is 14.3. The lowest BCUT2D eigenvalue weighted by atomic mass is 9.76. The molecular weight excluding hydrogens is 334 g/mol. The first-order chi connectivity index (χ1) is 13.0. The van der Waals surface area contributed by atoms with Crippen molar-refractivity contribution in [1.29, 1.82) is 0 Å². The standard InChI is InChI=1S/C24H23NO2/c1-18-23(2,22(26)27)25(18)24(19-12-6-3-7-13-19,20-14-8-4-9-15-20)21-16-10-5-11-17-21/h3-18H,1-2H3,(H,26,27)/t18-,23+,25?/m0/s1. The van der Waals surface area contributed by atoms with E-state index < -0.39 is 17.0 Å². The average Bonchev–Trinajstić information content (AvgIpc) is 3.28. The first-order valence-electron chi connectivity index (χ1n) is 9.23. The van der Waals surface area contributed by atoms with E-state index in [2.05, 4.69) is 41.3 Å². The molecule has 1 heterocycles. The maximum Gasteiger partial charge on any atom is 0.325 e. The van der Waals surface area contributed by atoms with E-state index >= 15 is 0 Å². The molecule has 1 unspecified atom stereocenters. The van der Waals surface area contributed by atoms with Gasteiger partial charge in [-0.2, -0.15) is 0 Å². The maximum absolute atomic E-state index is 12.2. The molecule has 3 atom stereocenters. The number of rotatable bonds is 5. The number of nitrogens with zero attached hydrogens (tertiary/aromatic N) is 1. The number of hydrogen-bond donors (Lipinski definition) is 1. The Morgan fingerprint density at radius 1 is 0.815 bits per heavy atom. The van der Waals surface area contributed by atoms with E-state index in [1.54, 1.807) is 0 Å². The molecule has 3 nitrogen and oxygen atoms in total. The summed E-state index contributed by atoms with van der Waals surface area (Å²) < 4.78 is 0. The number of carbonyl (C=O) groups is 1. The van der Waals surface area contributed by atoms with Crippen LogP contribution in [0.15, 0.2) is 91.0 Å². The molecule has 0 amide bonds. The van der Waals surface area contributed by atoms with Gasteiger partial charge < -0.3 is 5.11 Å². The molecule has 3 heteroatoms. The number of benzene rings is 3. The van der Waals surface area contributed by atoms with Gasteiger partial charge in [0, 0.05) is 6.04 Å². The van der Waals surface area contributed by atoms with Gasteiger partial charge in [-0.1, -0.05) is 91.0 Å². The minimum absolute atomic E-state index is 0.101. The smallest absolute Gasteiger partial charge is 0.325 e. The minimum Gasteiger partial charge on any atom is -0.480 e. The molecular formula is C24H23NO2. The van der Waals surface area contributed by atoms with Gasteiger partial charge in [0.05, 0.1) is 5.54 Å². The Hall–Kier alpha value is -2.91. The highest BCUT2D eigenvalue weighted by Crippen LogP contribution is 2.56. The van der Waals surface area contributed by atoms with Crippen LogP contribution >= 0.6 is 0 Å². The molecule has 0 saturated carbocycles. The highest BCUT2D eigenvalue weighted by molar-refractivity contribution is 5.84. The second kappa shape index (κ2) is 6.36. The van der Waals surface area contributed by atoms with Crippen LogP contribution in [0.5, 0.6) is 0 Å². The van der Waals surface area contributed by atoms with Gasteiger partial charge in [0.25, 0.3) is 0 Å². The minimum atomic E-state index is -0.929. The molecule has 27 heavy (non-hydrogen) atoms. The van der Waals surface area contributed by atoms with Crippen molar-refractivity contribution in [2.45, 2.75) is 31.0 Å². The summed E-state index contributed by atoms with van der Waals surface area (Å²) in [6, 6.07) is 30.5. The van der Waals surface area contributed by atoms with Crippen molar-refractivity contribution in [1.82, 2.24) is 4.90 Å². The molecule has 1 N–H and O–H groups in total. The molecule has 1 saturated heterocycles. The normalized spacial score (nSPS) is 24.4. The number of aliphatic carboxylic acids is 1. The van der Waals surface area contributed by atoms with Crippen LogP contribution in [0.3, 0.4) is 0 Å². The topological polar surface area (TPSA) is 40.3 Å². The summed E-state index contributed by atoms with van der Waals surface area (Å²) in [6.07, 6.45) is 0. The van der Waals surface area contributed by atoms with Crippen molar-refractivity contribution < 1.29 is 9.90 Å². The van der Waals surface area contributed by atoms with Crippen LogP contribution in [0.4, 0.5) is 0 Å². The van der Waals surface area contributed by atoms with Crippen LogP contribution in [0.2, 0.25) is 0 Å². The maximum atomic E-state index is 12.2. The molecule has 4 rings (SSSR count). The highest BCUT2D eigenvalue weighted by atomic mass is 16.4. The zero-order valence-electron chi connectivity index (χ0n) is 15.5. The predicted molar refractivity (Wildman–Crippen MR) is 107 cm³/mol. The molecule has 3 aromatic carbocycles. The van der Waals surface area contributed by atoms with Gasteiger partial charge in [-0.15, -0.1) is 0 Å². The third-order valence-corrected chi connectivity index (χ3v) is 6.00. The van der Waals surface area contributed by atoms with E-state index in [9.17, 15) is 9.90 Å². The van der Waals surface area contributed by atoms with Crippen LogP contribution in [0.25, 0.3) is 0 Å². The SMILES string of the molecule is C[C@@H]1N(C(c2ccccc2)(c2ccccc2)c2ccccc2)[C@@]1(C)C(=O)O. The second-order valence-corrected chi connectivity index (χ2v) is 7.31. The van der Waals surface area contributed by atoms with Crippen molar-refractivity contribution >= 4 is 5.97 Å². The fourth-order valence-corrected chi connectivity index (χ4v) is 4.43. The van der Waals surface area contributed by atoms with Crippen LogP contribution < -0.4 is 0 Å². The van der Waals surface area contributed by atoms with Crippen molar-refractivity contribution in [3.63, 3.8) is 0 Å². The number of carboxylic acids is 1. The first kappa shape index (κ1) is 17.5. The average molecular weight is 357 g/mol. The Balaban J connectivity index is 2.07. The molecule has 136 valence electrons. The summed E-state index contributed by atoms with van der Waals surface area (Å²) in [5, 5.41) is 10.0. The quantitative estimate of drug-likeness (QED) is 0.539. The molecule has 0 radical (unpaired) electrons. The number of carboxylic acid groups (broad SMARTS) is 1. The Kier molecular flexibility index (Phi) is 4.12. The van der Waals surface area contributed by atoms with Gasteiger partial charge in [-0.25, -0.2) is 0 Å². The molecule has 1 fully saturated rings. The zero-order chi connectivity index (χ0) is 19.1. The molecule has 0 bridgehead atoms.